The van der Waals surface area contributed by atoms with Crippen molar-refractivity contribution in [2.75, 3.05) is 18.9 Å². The molecule has 2 aromatic rings. The molecule has 0 unspecified atom stereocenters. The second-order valence-electron chi connectivity index (χ2n) is 5.15. The Kier molecular flexibility index (Phi) is 4.98. The third kappa shape index (κ3) is 3.12. The topological polar surface area (TPSA) is 102 Å². The maximum atomic E-state index is 12.4. The molecule has 0 aliphatic carbocycles. The van der Waals surface area contributed by atoms with Gasteiger partial charge in [0, 0.05) is 26.7 Å². The average molecular weight is 330 g/mol. The zero-order valence-corrected chi connectivity index (χ0v) is 13.6. The molecule has 24 heavy (non-hydrogen) atoms. The first-order chi connectivity index (χ1) is 11.4. The molecule has 8 heteroatoms. The molecule has 2 N–H and O–H groups in total. The largest absolute Gasteiger partial charge is 0.374 e. The van der Waals surface area contributed by atoms with E-state index in [0.29, 0.717) is 5.56 Å². The maximum absolute atomic E-state index is 12.4. The van der Waals surface area contributed by atoms with Crippen molar-refractivity contribution < 1.29 is 9.59 Å². The fraction of sp³-hybridized carbons (Fsp3) is 0.250. The van der Waals surface area contributed by atoms with Gasteiger partial charge in [0.2, 0.25) is 0 Å². The van der Waals surface area contributed by atoms with Crippen molar-refractivity contribution in [2.24, 2.45) is 14.1 Å². The van der Waals surface area contributed by atoms with Gasteiger partial charge in [0.1, 0.15) is 11.4 Å². The standard InChI is InChI=1S/C16H18N4O4/c1-17-13-12(15(23)20(3)16(24)19(13)2)14(22)18-9-11(21)10-7-5-4-6-8-10/h4-8,17H,9H2,1-3H3,(H,18,22). The number of benzene rings is 1. The zero-order valence-electron chi connectivity index (χ0n) is 13.6. The predicted octanol–water partition coefficient (Wildman–Crippen LogP) is -0.262. The van der Waals surface area contributed by atoms with Gasteiger partial charge >= 0.3 is 5.69 Å². The molecule has 0 aliphatic heterocycles. The molecule has 0 bridgehead atoms. The van der Waals surface area contributed by atoms with E-state index in [4.69, 9.17) is 0 Å². The number of Topliss-reactive ketones (excluding diaryl/α,β-unsaturated/α-hetero) is 1. The number of nitrogens with one attached hydrogen (secondary N) is 2. The molecule has 1 aromatic carbocycles. The molecule has 2 rings (SSSR count). The van der Waals surface area contributed by atoms with Crippen LogP contribution in [0.2, 0.25) is 0 Å². The van der Waals surface area contributed by atoms with Gasteiger partial charge in [0.05, 0.1) is 6.54 Å². The van der Waals surface area contributed by atoms with Gasteiger partial charge in [-0.25, -0.2) is 4.79 Å². The van der Waals surface area contributed by atoms with E-state index in [2.05, 4.69) is 10.6 Å². The Morgan fingerprint density at radius 3 is 2.25 bits per heavy atom. The predicted molar refractivity (Wildman–Crippen MR) is 89.6 cm³/mol. The number of ketones is 1. The Morgan fingerprint density at radius 2 is 1.67 bits per heavy atom. The Labute approximate surface area is 137 Å². The molecule has 0 atom stereocenters. The van der Waals surface area contributed by atoms with Gasteiger partial charge in [0.15, 0.2) is 5.78 Å². The van der Waals surface area contributed by atoms with Crippen molar-refractivity contribution in [1.29, 1.82) is 0 Å². The lowest BCUT2D eigenvalue weighted by Gasteiger charge is -2.14. The van der Waals surface area contributed by atoms with E-state index in [0.717, 1.165) is 9.13 Å². The van der Waals surface area contributed by atoms with Crippen LogP contribution in [-0.2, 0) is 14.1 Å². The maximum Gasteiger partial charge on any atom is 0.332 e. The molecular formula is C16H18N4O4. The first kappa shape index (κ1) is 17.2. The van der Waals surface area contributed by atoms with E-state index < -0.39 is 17.2 Å². The van der Waals surface area contributed by atoms with Gasteiger partial charge in [-0.3, -0.25) is 23.5 Å². The molecule has 0 saturated carbocycles. The van der Waals surface area contributed by atoms with Gasteiger partial charge in [0.25, 0.3) is 11.5 Å². The van der Waals surface area contributed by atoms with E-state index in [-0.39, 0.29) is 23.7 Å². The van der Waals surface area contributed by atoms with Crippen LogP contribution in [0, 0.1) is 0 Å². The van der Waals surface area contributed by atoms with Crippen LogP contribution < -0.4 is 21.9 Å². The Hall–Kier alpha value is -3.16. The summed E-state index contributed by atoms with van der Waals surface area (Å²) in [5.41, 5.74) is -1.05. The summed E-state index contributed by atoms with van der Waals surface area (Å²) >= 11 is 0. The number of anilines is 1. The summed E-state index contributed by atoms with van der Waals surface area (Å²) in [6.07, 6.45) is 0. The summed E-state index contributed by atoms with van der Waals surface area (Å²) in [5, 5.41) is 5.11. The minimum atomic E-state index is -0.730. The summed E-state index contributed by atoms with van der Waals surface area (Å²) in [6, 6.07) is 8.49. The number of carbonyl (C=O) groups excluding carboxylic acids is 2. The normalized spacial score (nSPS) is 10.3. The van der Waals surface area contributed by atoms with Gasteiger partial charge in [-0.05, 0) is 0 Å². The molecule has 0 fully saturated rings. The number of rotatable bonds is 5. The van der Waals surface area contributed by atoms with Crippen molar-refractivity contribution in [3.63, 3.8) is 0 Å². The van der Waals surface area contributed by atoms with Crippen molar-refractivity contribution in [2.45, 2.75) is 0 Å². The second-order valence-corrected chi connectivity index (χ2v) is 5.15. The van der Waals surface area contributed by atoms with Crippen molar-refractivity contribution in [3.05, 3.63) is 62.3 Å². The highest BCUT2D eigenvalue weighted by molar-refractivity contribution is 6.03. The molecule has 1 amide bonds. The van der Waals surface area contributed by atoms with Gasteiger partial charge < -0.3 is 10.6 Å². The molecule has 0 radical (unpaired) electrons. The number of hydrogen-bond donors (Lipinski definition) is 2. The fourth-order valence-electron chi connectivity index (χ4n) is 2.32. The van der Waals surface area contributed by atoms with Crippen LogP contribution >= 0.6 is 0 Å². The highest BCUT2D eigenvalue weighted by atomic mass is 16.2. The van der Waals surface area contributed by atoms with E-state index in [9.17, 15) is 19.2 Å². The lowest BCUT2D eigenvalue weighted by molar-refractivity contribution is 0.0902. The van der Waals surface area contributed by atoms with Crippen LogP contribution in [0.4, 0.5) is 5.82 Å². The van der Waals surface area contributed by atoms with E-state index in [1.807, 2.05) is 0 Å². The van der Waals surface area contributed by atoms with Crippen molar-refractivity contribution >= 4 is 17.5 Å². The third-order valence-corrected chi connectivity index (χ3v) is 3.63. The Morgan fingerprint density at radius 1 is 1.04 bits per heavy atom. The summed E-state index contributed by atoms with van der Waals surface area (Å²) in [6.45, 7) is -0.252. The Balaban J connectivity index is 2.29. The molecule has 0 saturated heterocycles. The number of nitrogens with zero attached hydrogens (tertiary/aromatic N) is 2. The number of hydrogen-bond acceptors (Lipinski definition) is 5. The molecule has 8 nitrogen and oxygen atoms in total. The highest BCUT2D eigenvalue weighted by Gasteiger charge is 2.21. The van der Waals surface area contributed by atoms with Gasteiger partial charge in [-0.15, -0.1) is 0 Å². The molecule has 0 spiro atoms. The number of aromatic nitrogens is 2. The molecule has 1 heterocycles. The van der Waals surface area contributed by atoms with Crippen LogP contribution in [0.25, 0.3) is 0 Å². The highest BCUT2D eigenvalue weighted by Crippen LogP contribution is 2.07. The fourth-order valence-corrected chi connectivity index (χ4v) is 2.32. The van der Waals surface area contributed by atoms with Gasteiger partial charge in [-0.1, -0.05) is 30.3 Å². The molecule has 126 valence electrons. The summed E-state index contributed by atoms with van der Waals surface area (Å²) in [4.78, 5) is 48.5. The Bertz CT molecular complexity index is 897. The van der Waals surface area contributed by atoms with Gasteiger partial charge in [-0.2, -0.15) is 0 Å². The SMILES string of the molecule is CNc1c(C(=O)NCC(=O)c2ccccc2)c(=O)n(C)c(=O)n1C. The lowest BCUT2D eigenvalue weighted by atomic mass is 10.1. The number of carbonyl (C=O) groups is 2. The summed E-state index contributed by atoms with van der Waals surface area (Å²) in [7, 11) is 4.23. The monoisotopic (exact) mass is 330 g/mol. The van der Waals surface area contributed by atoms with Crippen LogP contribution in [0.3, 0.4) is 0 Å². The van der Waals surface area contributed by atoms with Crippen LogP contribution in [0.5, 0.6) is 0 Å². The minimum Gasteiger partial charge on any atom is -0.374 e. The zero-order chi connectivity index (χ0) is 17.9. The molecule has 1 aromatic heterocycles. The third-order valence-electron chi connectivity index (χ3n) is 3.63. The smallest absolute Gasteiger partial charge is 0.332 e. The summed E-state index contributed by atoms with van der Waals surface area (Å²) < 4.78 is 2.00. The van der Waals surface area contributed by atoms with Crippen LogP contribution in [0.1, 0.15) is 20.7 Å². The first-order valence-electron chi connectivity index (χ1n) is 7.22. The van der Waals surface area contributed by atoms with E-state index >= 15 is 0 Å². The number of amides is 1. The van der Waals surface area contributed by atoms with Crippen molar-refractivity contribution in [3.8, 4) is 0 Å². The van der Waals surface area contributed by atoms with E-state index in [1.54, 1.807) is 30.3 Å². The molecular weight excluding hydrogens is 312 g/mol. The van der Waals surface area contributed by atoms with Crippen molar-refractivity contribution in [1.82, 2.24) is 14.5 Å². The average Bonchev–Trinajstić information content (AvgIpc) is 2.61. The quantitative estimate of drug-likeness (QED) is 0.735. The molecule has 0 aliphatic rings. The minimum absolute atomic E-state index is 0.0905. The van der Waals surface area contributed by atoms with Crippen LogP contribution in [0.15, 0.2) is 39.9 Å². The first-order valence-corrected chi connectivity index (χ1v) is 7.22. The van der Waals surface area contributed by atoms with E-state index in [1.165, 1.54) is 21.1 Å². The summed E-state index contributed by atoms with van der Waals surface area (Å²) in [5.74, 6) is -0.913. The van der Waals surface area contributed by atoms with Crippen LogP contribution in [-0.4, -0.2) is 34.4 Å². The second kappa shape index (κ2) is 6.95. The lowest BCUT2D eigenvalue weighted by Crippen LogP contribution is -2.44.